The molecule has 4 aromatic carbocycles. The maximum atomic E-state index is 14.1. The van der Waals surface area contributed by atoms with Gasteiger partial charge in [-0.25, -0.2) is 4.90 Å². The highest BCUT2D eigenvalue weighted by atomic mass is 16.5. The molecule has 2 heterocycles. The molecule has 0 unspecified atom stereocenters. The van der Waals surface area contributed by atoms with Gasteiger partial charge in [0.15, 0.2) is 0 Å². The van der Waals surface area contributed by atoms with Gasteiger partial charge in [-0.05, 0) is 17.0 Å². The number of carbonyl (C=O) groups is 4. The Morgan fingerprint density at radius 3 is 1.97 bits per heavy atom. The van der Waals surface area contributed by atoms with Gasteiger partial charge in [0.05, 0.1) is 23.6 Å². The molecule has 36 heavy (non-hydrogen) atoms. The fraction of sp³-hybridized carbons (Fsp3) is 0.133. The van der Waals surface area contributed by atoms with Crippen LogP contribution in [0.1, 0.15) is 32.4 Å². The zero-order valence-electron chi connectivity index (χ0n) is 19.0. The lowest BCUT2D eigenvalue weighted by Crippen LogP contribution is -2.51. The Balaban J connectivity index is 1.45. The number of Topliss-reactive ketones (excluding diaryl/α,β-unsaturated/α-hetero) is 2. The third kappa shape index (κ3) is 2.49. The molecule has 6 heteroatoms. The quantitative estimate of drug-likeness (QED) is 0.316. The molecule has 7 rings (SSSR count). The van der Waals surface area contributed by atoms with Crippen molar-refractivity contribution in [2.45, 2.75) is 11.7 Å². The summed E-state index contributed by atoms with van der Waals surface area (Å²) in [6.07, 6.45) is -0.921. The average Bonchev–Trinajstić information content (AvgIpc) is 3.49. The van der Waals surface area contributed by atoms with Crippen molar-refractivity contribution in [3.8, 4) is 0 Å². The van der Waals surface area contributed by atoms with E-state index in [0.717, 1.165) is 15.7 Å². The second-order valence-electron chi connectivity index (χ2n) is 9.40. The number of amides is 2. The number of imide groups is 1. The molecule has 0 aromatic heterocycles. The first kappa shape index (κ1) is 20.9. The van der Waals surface area contributed by atoms with Crippen molar-refractivity contribution in [1.29, 1.82) is 0 Å². The first-order chi connectivity index (χ1) is 17.5. The van der Waals surface area contributed by atoms with Crippen LogP contribution in [0.4, 0.5) is 5.69 Å². The number of hydrogen-bond donors (Lipinski definition) is 0. The highest BCUT2D eigenvalue weighted by molar-refractivity contribution is 6.37. The van der Waals surface area contributed by atoms with E-state index >= 15 is 0 Å². The summed E-state index contributed by atoms with van der Waals surface area (Å²) in [7, 11) is 0. The van der Waals surface area contributed by atoms with E-state index < -0.39 is 46.9 Å². The van der Waals surface area contributed by atoms with E-state index in [4.69, 9.17) is 4.74 Å². The lowest BCUT2D eigenvalue weighted by atomic mass is 9.77. The molecule has 174 valence electrons. The fourth-order valence-corrected chi connectivity index (χ4v) is 6.10. The number of hydrogen-bond acceptors (Lipinski definition) is 5. The molecule has 0 radical (unpaired) electrons. The summed E-state index contributed by atoms with van der Waals surface area (Å²) in [5, 5.41) is 1.61. The van der Waals surface area contributed by atoms with Gasteiger partial charge in [-0.3, -0.25) is 19.2 Å². The van der Waals surface area contributed by atoms with Crippen LogP contribution in [0, 0.1) is 11.8 Å². The number of nitrogens with zero attached hydrogens (tertiary/aromatic N) is 1. The molecule has 3 aliphatic rings. The summed E-state index contributed by atoms with van der Waals surface area (Å²) < 4.78 is 6.32. The van der Waals surface area contributed by atoms with Crippen molar-refractivity contribution in [1.82, 2.24) is 0 Å². The Morgan fingerprint density at radius 1 is 0.639 bits per heavy atom. The largest absolute Gasteiger partial charge is 0.349 e. The summed E-state index contributed by atoms with van der Waals surface area (Å²) >= 11 is 0. The van der Waals surface area contributed by atoms with E-state index in [9.17, 15) is 19.2 Å². The molecule has 2 saturated heterocycles. The number of ketones is 2. The number of fused-ring (bicyclic) bond motifs is 4. The van der Waals surface area contributed by atoms with Crippen LogP contribution in [0.3, 0.4) is 0 Å². The molecule has 0 bridgehead atoms. The van der Waals surface area contributed by atoms with Crippen molar-refractivity contribution in [3.63, 3.8) is 0 Å². The van der Waals surface area contributed by atoms with Gasteiger partial charge in [0.2, 0.25) is 29.0 Å². The molecule has 1 aliphatic carbocycles. The van der Waals surface area contributed by atoms with Gasteiger partial charge < -0.3 is 4.74 Å². The first-order valence-electron chi connectivity index (χ1n) is 11.8. The molecule has 6 nitrogen and oxygen atoms in total. The summed E-state index contributed by atoms with van der Waals surface area (Å²) in [5.74, 6) is -4.45. The van der Waals surface area contributed by atoms with Gasteiger partial charge in [-0.15, -0.1) is 0 Å². The van der Waals surface area contributed by atoms with Crippen LogP contribution >= 0.6 is 0 Å². The first-order valence-corrected chi connectivity index (χ1v) is 11.8. The molecule has 2 aliphatic heterocycles. The van der Waals surface area contributed by atoms with Crippen LogP contribution in [0.5, 0.6) is 0 Å². The smallest absolute Gasteiger partial charge is 0.241 e. The number of benzene rings is 4. The van der Waals surface area contributed by atoms with Crippen LogP contribution in [-0.2, 0) is 14.3 Å². The third-order valence-electron chi connectivity index (χ3n) is 7.65. The average molecular weight is 473 g/mol. The second kappa shape index (κ2) is 7.29. The third-order valence-corrected chi connectivity index (χ3v) is 7.65. The maximum Gasteiger partial charge on any atom is 0.241 e. The molecular formula is C30H19NO5. The summed E-state index contributed by atoms with van der Waals surface area (Å²) in [6.45, 7) is 0. The van der Waals surface area contributed by atoms with Gasteiger partial charge in [-0.1, -0.05) is 91.0 Å². The summed E-state index contributed by atoms with van der Waals surface area (Å²) in [4.78, 5) is 57.0. The molecule has 0 N–H and O–H groups in total. The Morgan fingerprint density at radius 2 is 1.25 bits per heavy atom. The van der Waals surface area contributed by atoms with E-state index in [2.05, 4.69) is 0 Å². The Hall–Kier alpha value is -4.42. The Labute approximate surface area is 206 Å². The topological polar surface area (TPSA) is 80.8 Å². The Bertz CT molecular complexity index is 1580. The highest BCUT2D eigenvalue weighted by Crippen LogP contribution is 2.58. The fourth-order valence-electron chi connectivity index (χ4n) is 6.10. The molecular weight excluding hydrogens is 454 g/mol. The van der Waals surface area contributed by atoms with E-state index in [1.54, 1.807) is 60.7 Å². The van der Waals surface area contributed by atoms with Crippen LogP contribution in [0.2, 0.25) is 0 Å². The van der Waals surface area contributed by atoms with E-state index in [1.165, 1.54) is 0 Å². The minimum Gasteiger partial charge on any atom is -0.349 e. The molecule has 0 saturated carbocycles. The number of ether oxygens (including phenoxy) is 1. The van der Waals surface area contributed by atoms with Crippen LogP contribution < -0.4 is 4.90 Å². The molecule has 1 spiro atoms. The summed E-state index contributed by atoms with van der Waals surface area (Å²) in [5.41, 5.74) is -0.546. The van der Waals surface area contributed by atoms with Crippen LogP contribution in [0.25, 0.3) is 10.8 Å². The van der Waals surface area contributed by atoms with Crippen molar-refractivity contribution >= 4 is 39.8 Å². The molecule has 3 atom stereocenters. The Kier molecular flexibility index (Phi) is 4.23. The standard InChI is InChI=1S/C30H19NO5/c32-26-20-14-6-7-15-21(20)27(33)30(26)24-23(25(36-30)18-10-2-1-3-11-18)28(34)31(29(24)35)22-16-8-12-17-9-4-5-13-19(17)22/h1-16,23-25H/t23-,24-,25-/m0/s1. The predicted molar refractivity (Wildman–Crippen MR) is 132 cm³/mol. The van der Waals surface area contributed by atoms with Crippen molar-refractivity contribution in [3.05, 3.63) is 114 Å². The van der Waals surface area contributed by atoms with E-state index in [1.807, 2.05) is 36.4 Å². The zero-order valence-corrected chi connectivity index (χ0v) is 19.0. The molecule has 4 aromatic rings. The lowest BCUT2D eigenvalue weighted by Gasteiger charge is -2.27. The minimum atomic E-state index is -2.07. The molecule has 2 amide bonds. The highest BCUT2D eigenvalue weighted by Gasteiger charge is 2.74. The van der Waals surface area contributed by atoms with E-state index in [-0.39, 0.29) is 11.1 Å². The van der Waals surface area contributed by atoms with Crippen LogP contribution in [0.15, 0.2) is 97.1 Å². The molecule has 2 fully saturated rings. The number of carbonyl (C=O) groups excluding carboxylic acids is 4. The normalized spacial score (nSPS) is 24.1. The van der Waals surface area contributed by atoms with Crippen molar-refractivity contribution < 1.29 is 23.9 Å². The van der Waals surface area contributed by atoms with Gasteiger partial charge in [-0.2, -0.15) is 0 Å². The lowest BCUT2D eigenvalue weighted by molar-refractivity contribution is -0.127. The summed E-state index contributed by atoms with van der Waals surface area (Å²) in [6, 6.07) is 28.4. The van der Waals surface area contributed by atoms with Crippen molar-refractivity contribution in [2.24, 2.45) is 11.8 Å². The maximum absolute atomic E-state index is 14.1. The van der Waals surface area contributed by atoms with Crippen molar-refractivity contribution in [2.75, 3.05) is 4.90 Å². The number of rotatable bonds is 2. The SMILES string of the molecule is O=C1[C@H]2[C@@H](C(=O)N1c1cccc3ccccc13)C1(O[C@H]2c2ccccc2)C(=O)c2ccccc2C1=O. The monoisotopic (exact) mass is 473 g/mol. The van der Waals surface area contributed by atoms with Crippen LogP contribution in [-0.4, -0.2) is 29.0 Å². The number of anilines is 1. The zero-order chi connectivity index (χ0) is 24.6. The van der Waals surface area contributed by atoms with Gasteiger partial charge in [0, 0.05) is 16.5 Å². The van der Waals surface area contributed by atoms with Gasteiger partial charge in [0.1, 0.15) is 0 Å². The van der Waals surface area contributed by atoms with E-state index in [0.29, 0.717) is 11.3 Å². The second-order valence-corrected chi connectivity index (χ2v) is 9.40. The minimum absolute atomic E-state index is 0.221. The van der Waals surface area contributed by atoms with Gasteiger partial charge in [0.25, 0.3) is 0 Å². The van der Waals surface area contributed by atoms with Gasteiger partial charge >= 0.3 is 0 Å². The predicted octanol–water partition coefficient (Wildman–Crippen LogP) is 4.53.